The number of benzene rings is 3. The number of ether oxygens (including phenoxy) is 7. The molecule has 0 saturated heterocycles. The smallest absolute Gasteiger partial charge is 0.203 e. The van der Waals surface area contributed by atoms with Gasteiger partial charge in [0, 0.05) is 16.7 Å². The van der Waals surface area contributed by atoms with Crippen molar-refractivity contribution in [1.29, 1.82) is 0 Å². The maximum atomic E-state index is 7.00. The summed E-state index contributed by atoms with van der Waals surface area (Å²) in [5.74, 6) is 5.75. The zero-order valence-electron chi connectivity index (χ0n) is 67.0. The third-order valence-electron chi connectivity index (χ3n) is 20.2. The molecule has 0 aliphatic heterocycles. The highest BCUT2D eigenvalue weighted by molar-refractivity contribution is 5.76. The van der Waals surface area contributed by atoms with Crippen LogP contribution in [-0.2, 0) is 0 Å². The predicted molar refractivity (Wildman–Crippen MR) is 435 cm³/mol. The molecule has 0 fully saturated rings. The number of nitrogens with zero attached hydrogens (tertiary/aromatic N) is 2. The van der Waals surface area contributed by atoms with Crippen LogP contribution in [0.2, 0.25) is 0 Å². The number of hydrogen-bond acceptors (Lipinski definition) is 9. The molecule has 4 aromatic rings. The Morgan fingerprint density at radius 3 is 0.663 bits per heavy atom. The number of unbranched alkanes of at least 4 members (excludes halogenated alkanes) is 49. The number of rotatable bonds is 73. The van der Waals surface area contributed by atoms with E-state index in [1.807, 2.05) is 0 Å². The fourth-order valence-electron chi connectivity index (χ4n) is 13.7. The first-order chi connectivity index (χ1) is 50.0. The van der Waals surface area contributed by atoms with Crippen molar-refractivity contribution in [3.8, 4) is 74.1 Å². The Hall–Kier alpha value is -4.66. The Kier molecular flexibility index (Phi) is 56.0. The minimum absolute atomic E-state index is 0.592. The summed E-state index contributed by atoms with van der Waals surface area (Å²) < 4.78 is 48.3. The largest absolute Gasteiger partial charge is 0.494 e. The van der Waals surface area contributed by atoms with Crippen molar-refractivity contribution >= 4 is 0 Å². The first-order valence-corrected chi connectivity index (χ1v) is 43.8. The van der Waals surface area contributed by atoms with E-state index in [9.17, 15) is 0 Å². The van der Waals surface area contributed by atoms with Crippen molar-refractivity contribution in [3.63, 3.8) is 0 Å². The fraction of sp³-hybridized carbons (Fsp3) is 0.761. The topological polar surface area (TPSA) is 90.4 Å². The van der Waals surface area contributed by atoms with Crippen molar-refractivity contribution in [2.75, 3.05) is 46.2 Å². The molecule has 0 aliphatic rings. The molecule has 0 aliphatic carbocycles. The first-order valence-electron chi connectivity index (χ1n) is 43.8. The number of aromatic nitrogens is 2. The summed E-state index contributed by atoms with van der Waals surface area (Å²) in [7, 11) is 0. The van der Waals surface area contributed by atoms with Crippen LogP contribution in [0.3, 0.4) is 0 Å². The lowest BCUT2D eigenvalue weighted by molar-refractivity contribution is 0.234. The summed E-state index contributed by atoms with van der Waals surface area (Å²) in [5, 5.41) is 0. The van der Waals surface area contributed by atoms with E-state index < -0.39 is 0 Å². The lowest BCUT2D eigenvalue weighted by atomic mass is 10.0. The van der Waals surface area contributed by atoms with Crippen LogP contribution in [0.5, 0.6) is 40.2 Å². The van der Waals surface area contributed by atoms with Crippen LogP contribution in [0.1, 0.15) is 408 Å². The lowest BCUT2D eigenvalue weighted by Crippen LogP contribution is -2.08. The van der Waals surface area contributed by atoms with Crippen LogP contribution in [0.4, 0.5) is 0 Å². The van der Waals surface area contributed by atoms with Gasteiger partial charge in [-0.3, -0.25) is 0 Å². The molecular formula is C92H156N2O7. The predicted octanol–water partition coefficient (Wildman–Crippen LogP) is 30.1. The molecule has 9 heteroatoms. The van der Waals surface area contributed by atoms with E-state index >= 15 is 0 Å². The molecule has 576 valence electrons. The first kappa shape index (κ1) is 88.7. The molecule has 0 spiro atoms. The van der Waals surface area contributed by atoms with E-state index in [0.717, 1.165) is 129 Å². The molecular weight excluding hydrogens is 1250 g/mol. The second-order valence-corrected chi connectivity index (χ2v) is 29.9. The Labute approximate surface area is 622 Å². The third kappa shape index (κ3) is 43.4. The molecule has 101 heavy (non-hydrogen) atoms. The van der Waals surface area contributed by atoms with E-state index in [2.05, 4.69) is 103 Å². The van der Waals surface area contributed by atoms with Gasteiger partial charge in [-0.05, 0) is 99.5 Å². The van der Waals surface area contributed by atoms with Crippen LogP contribution in [0.25, 0.3) is 33.9 Å². The summed E-state index contributed by atoms with van der Waals surface area (Å²) in [6.45, 7) is 20.4. The molecule has 0 radical (unpaired) electrons. The van der Waals surface area contributed by atoms with E-state index in [1.165, 1.54) is 276 Å². The summed E-state index contributed by atoms with van der Waals surface area (Å²) in [6, 6.07) is 19.3. The Morgan fingerprint density at radius 1 is 0.198 bits per heavy atom. The van der Waals surface area contributed by atoms with E-state index in [4.69, 9.17) is 43.1 Å². The normalized spacial score (nSPS) is 11.4. The zero-order valence-corrected chi connectivity index (χ0v) is 67.0. The lowest BCUT2D eigenvalue weighted by Gasteiger charge is -2.20. The standard InChI is InChI=1S/C92H156N2O7/c1-8-15-22-29-36-43-50-57-68-95-83-66-64-80(65-67-83)84-79-85(81-75-86(96-69-58-51-44-37-30-23-16-9-2)90(100-73-62-55-48-41-34-27-20-13-6)87(76-81)97-70-59-52-45-38-31-24-17-10-3)94-92(93-84)82-77-88(98-71-60-53-46-39-32-25-18-11-4)91(101-74-63-56-49-42-35-28-21-14-7)89(78-82)99-72-61-54-47-40-33-26-19-12-5/h64-67,75-79H,8-63,68-74H2,1-7H3. The van der Waals surface area contributed by atoms with Gasteiger partial charge in [-0.1, -0.05) is 363 Å². The Balaban J connectivity index is 1.89. The second-order valence-electron chi connectivity index (χ2n) is 29.9. The molecule has 4 rings (SSSR count). The van der Waals surface area contributed by atoms with Gasteiger partial charge < -0.3 is 33.2 Å². The summed E-state index contributed by atoms with van der Waals surface area (Å²) in [6.07, 6.45) is 69.4. The van der Waals surface area contributed by atoms with Gasteiger partial charge in [0.15, 0.2) is 28.8 Å². The summed E-state index contributed by atoms with van der Waals surface area (Å²) in [4.78, 5) is 11.2. The van der Waals surface area contributed by atoms with Crippen LogP contribution in [0, 0.1) is 0 Å². The van der Waals surface area contributed by atoms with Crippen molar-refractivity contribution in [2.24, 2.45) is 0 Å². The average molecular weight is 1400 g/mol. The van der Waals surface area contributed by atoms with Crippen molar-refractivity contribution < 1.29 is 33.2 Å². The monoisotopic (exact) mass is 1400 g/mol. The average Bonchev–Trinajstić information content (AvgIpc) is 0.780. The SMILES string of the molecule is CCCCCCCCCCOc1ccc(-c2cc(-c3cc(OCCCCCCCCCC)c(OCCCCCCCCCC)c(OCCCCCCCCCC)c3)nc(-c3cc(OCCCCCCCCCC)c(OCCCCCCCCCC)c(OCCCCCCCCCC)c3)n2)cc1. The van der Waals surface area contributed by atoms with Gasteiger partial charge in [0.25, 0.3) is 0 Å². The maximum Gasteiger partial charge on any atom is 0.203 e. The highest BCUT2D eigenvalue weighted by Crippen LogP contribution is 2.45. The molecule has 0 amide bonds. The van der Waals surface area contributed by atoms with Crippen molar-refractivity contribution in [3.05, 3.63) is 54.6 Å². The van der Waals surface area contributed by atoms with Gasteiger partial charge in [0.1, 0.15) is 5.75 Å². The van der Waals surface area contributed by atoms with Crippen LogP contribution in [0.15, 0.2) is 54.6 Å². The van der Waals surface area contributed by atoms with Gasteiger partial charge >= 0.3 is 0 Å². The maximum absolute atomic E-state index is 7.00. The van der Waals surface area contributed by atoms with E-state index in [1.54, 1.807) is 0 Å². The molecule has 1 heterocycles. The second kappa shape index (κ2) is 63.8. The molecule has 0 saturated carbocycles. The van der Waals surface area contributed by atoms with Gasteiger partial charge in [-0.15, -0.1) is 0 Å². The zero-order chi connectivity index (χ0) is 71.8. The van der Waals surface area contributed by atoms with E-state index in [-0.39, 0.29) is 0 Å². The van der Waals surface area contributed by atoms with Gasteiger partial charge in [0.05, 0.1) is 57.6 Å². The van der Waals surface area contributed by atoms with Crippen LogP contribution < -0.4 is 33.2 Å². The van der Waals surface area contributed by atoms with Crippen LogP contribution in [-0.4, -0.2) is 56.2 Å². The molecule has 0 N–H and O–H groups in total. The van der Waals surface area contributed by atoms with Crippen LogP contribution >= 0.6 is 0 Å². The summed E-state index contributed by atoms with van der Waals surface area (Å²) >= 11 is 0. The van der Waals surface area contributed by atoms with E-state index in [0.29, 0.717) is 75.1 Å². The molecule has 0 atom stereocenters. The number of hydrogen-bond donors (Lipinski definition) is 0. The fourth-order valence-corrected chi connectivity index (χ4v) is 13.7. The molecule has 3 aromatic carbocycles. The molecule has 0 bridgehead atoms. The highest BCUT2D eigenvalue weighted by atomic mass is 16.5. The third-order valence-corrected chi connectivity index (χ3v) is 20.2. The Morgan fingerprint density at radius 2 is 0.406 bits per heavy atom. The molecule has 1 aromatic heterocycles. The van der Waals surface area contributed by atoms with Gasteiger partial charge in [0.2, 0.25) is 11.5 Å². The molecule has 0 unspecified atom stereocenters. The summed E-state index contributed by atoms with van der Waals surface area (Å²) in [5.41, 5.74) is 4.31. The van der Waals surface area contributed by atoms with Crippen molar-refractivity contribution in [1.82, 2.24) is 9.97 Å². The minimum Gasteiger partial charge on any atom is -0.494 e. The Bertz CT molecular complexity index is 2290. The van der Waals surface area contributed by atoms with Crippen molar-refractivity contribution in [2.45, 2.75) is 408 Å². The highest BCUT2D eigenvalue weighted by Gasteiger charge is 2.23. The van der Waals surface area contributed by atoms with Gasteiger partial charge in [-0.25, -0.2) is 9.97 Å². The quantitative estimate of drug-likeness (QED) is 0.0401. The molecule has 9 nitrogen and oxygen atoms in total. The minimum atomic E-state index is 0.592. The van der Waals surface area contributed by atoms with Gasteiger partial charge in [-0.2, -0.15) is 0 Å².